The summed E-state index contributed by atoms with van der Waals surface area (Å²) in [6.07, 6.45) is 4.05. The van der Waals surface area contributed by atoms with Crippen molar-refractivity contribution in [3.63, 3.8) is 0 Å². The Morgan fingerprint density at radius 3 is 1.12 bits per heavy atom. The van der Waals surface area contributed by atoms with Crippen molar-refractivity contribution in [2.24, 2.45) is 0 Å². The Kier molecular flexibility index (Phi) is 7.77. The molecule has 2 aliphatic carbocycles. The summed E-state index contributed by atoms with van der Waals surface area (Å²) in [7, 11) is 0. The summed E-state index contributed by atoms with van der Waals surface area (Å²) < 4.78 is 0. The van der Waals surface area contributed by atoms with Crippen LogP contribution in [0.4, 0.5) is 0 Å². The van der Waals surface area contributed by atoms with Gasteiger partial charge in [0.2, 0.25) is 0 Å². The van der Waals surface area contributed by atoms with Gasteiger partial charge in [-0.1, -0.05) is 185 Å². The normalized spacial score (nSPS) is 14.2. The van der Waals surface area contributed by atoms with Gasteiger partial charge in [0.25, 0.3) is 0 Å². The maximum absolute atomic E-state index is 4.79. The van der Waals surface area contributed by atoms with Crippen molar-refractivity contribution in [2.45, 2.75) is 38.5 Å². The van der Waals surface area contributed by atoms with Crippen LogP contribution in [0.3, 0.4) is 0 Å². The molecule has 0 radical (unpaired) electrons. The third-order valence-corrected chi connectivity index (χ3v) is 15.0. The zero-order valence-electron chi connectivity index (χ0n) is 36.5. The van der Waals surface area contributed by atoms with E-state index in [0.717, 1.165) is 0 Å². The second kappa shape index (κ2) is 13.4. The molecular formula is C63H45N. The molecule has 0 aliphatic heterocycles. The van der Waals surface area contributed by atoms with Crippen LogP contribution >= 0.6 is 0 Å². The molecule has 1 heteroatoms. The summed E-state index contributed by atoms with van der Waals surface area (Å²) in [4.78, 5) is 4.79. The fourth-order valence-corrected chi connectivity index (χ4v) is 11.7. The standard InChI is InChI=1S/C63H45N/c1-62(2)56-33-40(46-21-11-15-38-13-5-7-17-44(38)46)23-27-48(56)50-29-25-42(35-58(50)62)60-52-19-9-10-20-53(52)61(55-37-64-32-31-54(55)60)43-26-30-51-49-28-24-41(34-57(49)63(3,4)59(51)36-43)47-22-12-16-39-14-6-8-18-45(39)47/h5-37H,1-4H3. The molecule has 11 aromatic rings. The number of hydrogen-bond donors (Lipinski definition) is 0. The minimum Gasteiger partial charge on any atom is -0.264 e. The van der Waals surface area contributed by atoms with Crippen molar-refractivity contribution in [2.75, 3.05) is 0 Å². The maximum Gasteiger partial charge on any atom is 0.0353 e. The lowest BCUT2D eigenvalue weighted by Gasteiger charge is -2.24. The molecule has 1 heterocycles. The molecule has 1 nitrogen and oxygen atoms in total. The van der Waals surface area contributed by atoms with Gasteiger partial charge in [-0.25, -0.2) is 0 Å². The maximum atomic E-state index is 4.79. The van der Waals surface area contributed by atoms with Gasteiger partial charge < -0.3 is 0 Å². The number of benzene rings is 10. The molecule has 13 rings (SSSR count). The van der Waals surface area contributed by atoms with E-state index in [-0.39, 0.29) is 10.8 Å². The van der Waals surface area contributed by atoms with Gasteiger partial charge in [-0.3, -0.25) is 4.98 Å². The van der Waals surface area contributed by atoms with Gasteiger partial charge in [0, 0.05) is 28.6 Å². The Morgan fingerprint density at radius 2 is 0.656 bits per heavy atom. The van der Waals surface area contributed by atoms with Gasteiger partial charge >= 0.3 is 0 Å². The molecule has 0 amide bonds. The van der Waals surface area contributed by atoms with E-state index in [1.54, 1.807) is 0 Å². The molecule has 0 unspecified atom stereocenters. The number of rotatable bonds is 4. The van der Waals surface area contributed by atoms with Gasteiger partial charge in [0.05, 0.1) is 0 Å². The quantitative estimate of drug-likeness (QED) is 0.161. The Hall–Kier alpha value is -7.61. The first-order valence-electron chi connectivity index (χ1n) is 22.6. The Morgan fingerprint density at radius 1 is 0.297 bits per heavy atom. The average molecular weight is 816 g/mol. The second-order valence-corrected chi connectivity index (χ2v) is 19.1. The third-order valence-electron chi connectivity index (χ3n) is 15.0. The smallest absolute Gasteiger partial charge is 0.0353 e. The van der Waals surface area contributed by atoms with E-state index >= 15 is 0 Å². The van der Waals surface area contributed by atoms with E-state index in [1.807, 2.05) is 6.20 Å². The molecule has 10 aromatic carbocycles. The minimum atomic E-state index is -0.185. The second-order valence-electron chi connectivity index (χ2n) is 19.1. The van der Waals surface area contributed by atoms with E-state index < -0.39 is 0 Å². The zero-order chi connectivity index (χ0) is 42.9. The molecule has 0 spiro atoms. The van der Waals surface area contributed by atoms with Crippen LogP contribution < -0.4 is 0 Å². The lowest BCUT2D eigenvalue weighted by Crippen LogP contribution is -2.15. The lowest BCUT2D eigenvalue weighted by atomic mass is 9.79. The minimum absolute atomic E-state index is 0.182. The van der Waals surface area contributed by atoms with Crippen LogP contribution in [-0.4, -0.2) is 4.98 Å². The van der Waals surface area contributed by atoms with Crippen molar-refractivity contribution >= 4 is 43.1 Å². The van der Waals surface area contributed by atoms with E-state index in [1.165, 1.54) is 132 Å². The predicted octanol–water partition coefficient (Wildman–Crippen LogP) is 17.0. The monoisotopic (exact) mass is 815 g/mol. The van der Waals surface area contributed by atoms with Crippen LogP contribution in [0.1, 0.15) is 49.9 Å². The highest BCUT2D eigenvalue weighted by Gasteiger charge is 2.38. The van der Waals surface area contributed by atoms with Crippen LogP contribution in [0.5, 0.6) is 0 Å². The molecule has 0 saturated carbocycles. The average Bonchev–Trinajstić information content (AvgIpc) is 3.70. The number of fused-ring (bicyclic) bond motifs is 10. The fourth-order valence-electron chi connectivity index (χ4n) is 11.7. The summed E-state index contributed by atoms with van der Waals surface area (Å²) in [6, 6.07) is 70.6. The summed E-state index contributed by atoms with van der Waals surface area (Å²) in [5, 5.41) is 10.0. The third kappa shape index (κ3) is 5.22. The van der Waals surface area contributed by atoms with Gasteiger partial charge in [-0.05, 0) is 157 Å². The molecule has 0 fully saturated rings. The van der Waals surface area contributed by atoms with Crippen LogP contribution in [0.15, 0.2) is 200 Å². The number of pyridine rings is 1. The Labute approximate surface area is 374 Å². The Balaban J connectivity index is 0.931. The molecule has 0 bridgehead atoms. The predicted molar refractivity (Wildman–Crippen MR) is 271 cm³/mol. The van der Waals surface area contributed by atoms with Crippen molar-refractivity contribution in [1.82, 2.24) is 4.98 Å². The molecule has 0 N–H and O–H groups in total. The molecule has 64 heavy (non-hydrogen) atoms. The van der Waals surface area contributed by atoms with E-state index in [2.05, 4.69) is 222 Å². The molecule has 0 saturated heterocycles. The highest BCUT2D eigenvalue weighted by atomic mass is 14.6. The number of aromatic nitrogens is 1. The Bertz CT molecular complexity index is 3470. The fraction of sp³-hybridized carbons (Fsp3) is 0.0952. The topological polar surface area (TPSA) is 12.9 Å². The van der Waals surface area contributed by atoms with Crippen molar-refractivity contribution in [3.05, 3.63) is 223 Å². The summed E-state index contributed by atoms with van der Waals surface area (Å²) >= 11 is 0. The van der Waals surface area contributed by atoms with Crippen LogP contribution in [0.2, 0.25) is 0 Å². The first-order chi connectivity index (χ1) is 31.3. The number of nitrogens with zero attached hydrogens (tertiary/aromatic N) is 1. The summed E-state index contributed by atoms with van der Waals surface area (Å²) in [5.74, 6) is 0. The van der Waals surface area contributed by atoms with Gasteiger partial charge in [0.15, 0.2) is 0 Å². The number of hydrogen-bond acceptors (Lipinski definition) is 1. The molecule has 1 aromatic heterocycles. The summed E-state index contributed by atoms with van der Waals surface area (Å²) in [6.45, 7) is 9.59. The highest BCUT2D eigenvalue weighted by molar-refractivity contribution is 6.21. The zero-order valence-corrected chi connectivity index (χ0v) is 36.5. The van der Waals surface area contributed by atoms with Crippen molar-refractivity contribution in [1.29, 1.82) is 0 Å². The molecular weight excluding hydrogens is 771 g/mol. The largest absolute Gasteiger partial charge is 0.264 e. The first-order valence-corrected chi connectivity index (χ1v) is 22.6. The van der Waals surface area contributed by atoms with E-state index in [9.17, 15) is 0 Å². The van der Waals surface area contributed by atoms with E-state index in [4.69, 9.17) is 4.98 Å². The van der Waals surface area contributed by atoms with Crippen molar-refractivity contribution in [3.8, 4) is 66.8 Å². The molecule has 302 valence electrons. The van der Waals surface area contributed by atoms with Gasteiger partial charge in [-0.2, -0.15) is 0 Å². The molecule has 0 atom stereocenters. The SMILES string of the molecule is CC1(C)c2cc(-c3cccc4ccccc34)ccc2-c2ccc(-c3c4ccccc4c(-c4ccc5c(c4)C(C)(C)c4cc(-c6cccc7ccccc67)ccc4-5)c4cnccc34)cc21. The summed E-state index contributed by atoms with van der Waals surface area (Å²) in [5.41, 5.74) is 20.5. The van der Waals surface area contributed by atoms with Crippen LogP contribution in [0.25, 0.3) is 110 Å². The van der Waals surface area contributed by atoms with Gasteiger partial charge in [0.1, 0.15) is 0 Å². The first kappa shape index (κ1) is 37.0. The van der Waals surface area contributed by atoms with Crippen molar-refractivity contribution < 1.29 is 0 Å². The lowest BCUT2D eigenvalue weighted by molar-refractivity contribution is 0.660. The van der Waals surface area contributed by atoms with E-state index in [0.29, 0.717) is 0 Å². The highest BCUT2D eigenvalue weighted by Crippen LogP contribution is 2.54. The molecule has 2 aliphatic rings. The van der Waals surface area contributed by atoms with Gasteiger partial charge in [-0.15, -0.1) is 0 Å². The van der Waals surface area contributed by atoms with Crippen LogP contribution in [0, 0.1) is 0 Å². The van der Waals surface area contributed by atoms with Crippen LogP contribution in [-0.2, 0) is 10.8 Å².